The molecule has 1 N–H and O–H groups in total. The lowest BCUT2D eigenvalue weighted by molar-refractivity contribution is 0.473. The van der Waals surface area contributed by atoms with Crippen LogP contribution in [0.4, 0.5) is 0 Å². The summed E-state index contributed by atoms with van der Waals surface area (Å²) in [6.07, 6.45) is 1.05. The topological polar surface area (TPSA) is 25.2 Å². The van der Waals surface area contributed by atoms with Gasteiger partial charge in [-0.05, 0) is 30.2 Å². The van der Waals surface area contributed by atoms with E-state index in [9.17, 15) is 0 Å². The SMILES string of the molecule is CCc1cccc(-c2ccc(CNC(C)C)o2)c1. The largest absolute Gasteiger partial charge is 0.460 e. The normalized spacial score (nSPS) is 11.1. The highest BCUT2D eigenvalue weighted by molar-refractivity contribution is 5.58. The molecule has 0 aliphatic heterocycles. The summed E-state index contributed by atoms with van der Waals surface area (Å²) in [5, 5.41) is 3.36. The van der Waals surface area contributed by atoms with Crippen molar-refractivity contribution in [2.75, 3.05) is 0 Å². The minimum atomic E-state index is 0.474. The Balaban J connectivity index is 2.13. The molecule has 1 aromatic carbocycles. The van der Waals surface area contributed by atoms with E-state index < -0.39 is 0 Å². The second kappa shape index (κ2) is 5.87. The van der Waals surface area contributed by atoms with Crippen molar-refractivity contribution in [3.05, 3.63) is 47.7 Å². The van der Waals surface area contributed by atoms with Crippen LogP contribution in [0.2, 0.25) is 0 Å². The number of hydrogen-bond acceptors (Lipinski definition) is 2. The third-order valence-corrected chi connectivity index (χ3v) is 2.97. The Morgan fingerprint density at radius 3 is 2.72 bits per heavy atom. The zero-order chi connectivity index (χ0) is 13.0. The molecule has 1 heterocycles. The molecule has 2 nitrogen and oxygen atoms in total. The molecule has 0 saturated carbocycles. The van der Waals surface area contributed by atoms with Crippen LogP contribution >= 0.6 is 0 Å². The van der Waals surface area contributed by atoms with Crippen molar-refractivity contribution in [1.82, 2.24) is 5.32 Å². The number of benzene rings is 1. The van der Waals surface area contributed by atoms with E-state index in [2.05, 4.69) is 50.4 Å². The number of furan rings is 1. The molecule has 2 heteroatoms. The molecule has 1 aromatic heterocycles. The van der Waals surface area contributed by atoms with Gasteiger partial charge in [-0.2, -0.15) is 0 Å². The predicted octanol–water partition coefficient (Wildman–Crippen LogP) is 4.01. The molecule has 18 heavy (non-hydrogen) atoms. The zero-order valence-corrected chi connectivity index (χ0v) is 11.4. The van der Waals surface area contributed by atoms with Crippen molar-refractivity contribution in [3.63, 3.8) is 0 Å². The van der Waals surface area contributed by atoms with Gasteiger partial charge in [0.2, 0.25) is 0 Å². The first kappa shape index (κ1) is 12.9. The minimum Gasteiger partial charge on any atom is -0.460 e. The fraction of sp³-hybridized carbons (Fsp3) is 0.375. The molecule has 0 radical (unpaired) electrons. The maximum atomic E-state index is 5.86. The monoisotopic (exact) mass is 243 g/mol. The van der Waals surface area contributed by atoms with Crippen LogP contribution in [0.5, 0.6) is 0 Å². The van der Waals surface area contributed by atoms with Gasteiger partial charge in [-0.15, -0.1) is 0 Å². The van der Waals surface area contributed by atoms with E-state index in [0.717, 1.165) is 30.0 Å². The lowest BCUT2D eigenvalue weighted by atomic mass is 10.1. The van der Waals surface area contributed by atoms with Crippen LogP contribution in [-0.4, -0.2) is 6.04 Å². The van der Waals surface area contributed by atoms with Gasteiger partial charge in [-0.3, -0.25) is 0 Å². The molecule has 2 aromatic rings. The van der Waals surface area contributed by atoms with E-state index in [-0.39, 0.29) is 0 Å². The molecule has 0 saturated heterocycles. The van der Waals surface area contributed by atoms with Gasteiger partial charge in [-0.1, -0.05) is 39.0 Å². The van der Waals surface area contributed by atoms with Crippen LogP contribution in [0.3, 0.4) is 0 Å². The summed E-state index contributed by atoms with van der Waals surface area (Å²) in [6.45, 7) is 7.22. The second-order valence-electron chi connectivity index (χ2n) is 4.86. The summed E-state index contributed by atoms with van der Waals surface area (Å²) in [7, 11) is 0. The predicted molar refractivity (Wildman–Crippen MR) is 75.5 cm³/mol. The average molecular weight is 243 g/mol. The summed E-state index contributed by atoms with van der Waals surface area (Å²) in [6, 6.07) is 13.1. The molecule has 0 fully saturated rings. The maximum absolute atomic E-state index is 5.86. The molecule has 96 valence electrons. The molecule has 0 atom stereocenters. The van der Waals surface area contributed by atoms with Gasteiger partial charge in [0.25, 0.3) is 0 Å². The Bertz CT molecular complexity index is 499. The molecular formula is C16H21NO. The van der Waals surface area contributed by atoms with Gasteiger partial charge in [0.1, 0.15) is 11.5 Å². The van der Waals surface area contributed by atoms with E-state index in [1.165, 1.54) is 5.56 Å². The van der Waals surface area contributed by atoms with Crippen molar-refractivity contribution in [2.24, 2.45) is 0 Å². The summed E-state index contributed by atoms with van der Waals surface area (Å²) < 4.78 is 5.86. The summed E-state index contributed by atoms with van der Waals surface area (Å²) in [4.78, 5) is 0. The van der Waals surface area contributed by atoms with Gasteiger partial charge in [0.15, 0.2) is 0 Å². The molecule has 0 amide bonds. The van der Waals surface area contributed by atoms with Crippen molar-refractivity contribution in [2.45, 2.75) is 39.8 Å². The number of nitrogens with one attached hydrogen (secondary N) is 1. The Kier molecular flexibility index (Phi) is 4.21. The quantitative estimate of drug-likeness (QED) is 0.858. The fourth-order valence-corrected chi connectivity index (χ4v) is 1.88. The van der Waals surface area contributed by atoms with Crippen molar-refractivity contribution < 1.29 is 4.42 Å². The lowest BCUT2D eigenvalue weighted by Gasteiger charge is -2.05. The molecule has 0 aliphatic carbocycles. The first-order chi connectivity index (χ1) is 8.69. The Morgan fingerprint density at radius 2 is 2.00 bits per heavy atom. The fourth-order valence-electron chi connectivity index (χ4n) is 1.88. The van der Waals surface area contributed by atoms with E-state index >= 15 is 0 Å². The maximum Gasteiger partial charge on any atom is 0.134 e. The van der Waals surface area contributed by atoms with Gasteiger partial charge in [0.05, 0.1) is 6.54 Å². The Labute approximate surface area is 109 Å². The van der Waals surface area contributed by atoms with E-state index in [4.69, 9.17) is 4.42 Å². The smallest absolute Gasteiger partial charge is 0.134 e. The first-order valence-electron chi connectivity index (χ1n) is 6.60. The molecule has 0 bridgehead atoms. The summed E-state index contributed by atoms with van der Waals surface area (Å²) >= 11 is 0. The number of hydrogen-bond donors (Lipinski definition) is 1. The van der Waals surface area contributed by atoms with Gasteiger partial charge >= 0.3 is 0 Å². The summed E-state index contributed by atoms with van der Waals surface area (Å²) in [5.41, 5.74) is 2.50. The molecule has 0 unspecified atom stereocenters. The van der Waals surface area contributed by atoms with Crippen molar-refractivity contribution in [3.8, 4) is 11.3 Å². The van der Waals surface area contributed by atoms with E-state index in [1.54, 1.807) is 0 Å². The Hall–Kier alpha value is -1.54. The van der Waals surface area contributed by atoms with Crippen LogP contribution in [0.15, 0.2) is 40.8 Å². The Morgan fingerprint density at radius 1 is 1.17 bits per heavy atom. The number of aryl methyl sites for hydroxylation is 1. The third-order valence-electron chi connectivity index (χ3n) is 2.97. The van der Waals surface area contributed by atoms with Crippen LogP contribution in [-0.2, 0) is 13.0 Å². The van der Waals surface area contributed by atoms with Crippen molar-refractivity contribution in [1.29, 1.82) is 0 Å². The second-order valence-corrected chi connectivity index (χ2v) is 4.86. The van der Waals surface area contributed by atoms with E-state index in [1.807, 2.05) is 12.1 Å². The molecule has 0 spiro atoms. The highest BCUT2D eigenvalue weighted by Gasteiger charge is 2.05. The lowest BCUT2D eigenvalue weighted by Crippen LogP contribution is -2.21. The van der Waals surface area contributed by atoms with Gasteiger partial charge in [0, 0.05) is 11.6 Å². The van der Waals surface area contributed by atoms with Crippen LogP contribution < -0.4 is 5.32 Å². The molecule has 2 rings (SSSR count). The summed E-state index contributed by atoms with van der Waals surface area (Å²) in [5.74, 6) is 1.94. The third kappa shape index (κ3) is 3.23. The standard InChI is InChI=1S/C16H21NO/c1-4-13-6-5-7-14(10-13)16-9-8-15(18-16)11-17-12(2)3/h5-10,12,17H,4,11H2,1-3H3. The number of rotatable bonds is 5. The molecule has 0 aliphatic rings. The zero-order valence-electron chi connectivity index (χ0n) is 11.4. The first-order valence-corrected chi connectivity index (χ1v) is 6.60. The van der Waals surface area contributed by atoms with Crippen molar-refractivity contribution >= 4 is 0 Å². The van der Waals surface area contributed by atoms with E-state index in [0.29, 0.717) is 6.04 Å². The average Bonchev–Trinajstić information content (AvgIpc) is 2.85. The van der Waals surface area contributed by atoms with Gasteiger partial charge < -0.3 is 9.73 Å². The van der Waals surface area contributed by atoms with Gasteiger partial charge in [-0.25, -0.2) is 0 Å². The highest BCUT2D eigenvalue weighted by atomic mass is 16.3. The molecular weight excluding hydrogens is 222 g/mol. The minimum absolute atomic E-state index is 0.474. The highest BCUT2D eigenvalue weighted by Crippen LogP contribution is 2.23. The van der Waals surface area contributed by atoms with Crippen LogP contribution in [0.25, 0.3) is 11.3 Å². The van der Waals surface area contributed by atoms with Crippen LogP contribution in [0.1, 0.15) is 32.1 Å². The van der Waals surface area contributed by atoms with Crippen LogP contribution in [0, 0.1) is 0 Å².